The number of hydrogen-bond acceptors (Lipinski definition) is 3. The van der Waals surface area contributed by atoms with Crippen molar-refractivity contribution in [3.8, 4) is 0 Å². The number of carbonyl (C=O) groups excluding carboxylic acids is 1. The summed E-state index contributed by atoms with van der Waals surface area (Å²) in [5.41, 5.74) is 1.32. The molecular formula is C18H21NO4. The van der Waals surface area contributed by atoms with Crippen LogP contribution in [0.15, 0.2) is 47.1 Å². The van der Waals surface area contributed by atoms with Crippen LogP contribution in [-0.4, -0.2) is 27.9 Å². The Hall–Kier alpha value is -2.56. The number of carboxylic acids is 1. The first kappa shape index (κ1) is 16.8. The van der Waals surface area contributed by atoms with Gasteiger partial charge < -0.3 is 14.4 Å². The number of aliphatic carboxylic acids is 1. The largest absolute Gasteiger partial charge is 0.480 e. The van der Waals surface area contributed by atoms with Gasteiger partial charge in [-0.2, -0.15) is 0 Å². The van der Waals surface area contributed by atoms with Crippen molar-refractivity contribution in [3.63, 3.8) is 0 Å². The lowest BCUT2D eigenvalue weighted by molar-refractivity contribution is -0.141. The second kappa shape index (κ2) is 7.63. The number of rotatable bonds is 7. The molecule has 2 aromatic rings. The van der Waals surface area contributed by atoms with E-state index in [1.807, 2.05) is 37.3 Å². The molecule has 23 heavy (non-hydrogen) atoms. The third kappa shape index (κ3) is 4.00. The van der Waals surface area contributed by atoms with E-state index in [9.17, 15) is 14.7 Å². The number of furan rings is 1. The first-order chi connectivity index (χ1) is 11.0. The molecule has 0 bridgehead atoms. The highest BCUT2D eigenvalue weighted by Crippen LogP contribution is 2.19. The summed E-state index contributed by atoms with van der Waals surface area (Å²) in [7, 11) is 0. The number of nitrogens with zero attached hydrogens (tertiary/aromatic N) is 1. The molecule has 2 rings (SSSR count). The van der Waals surface area contributed by atoms with Crippen molar-refractivity contribution in [2.45, 2.75) is 39.3 Å². The minimum absolute atomic E-state index is 0.240. The third-order valence-electron chi connectivity index (χ3n) is 3.73. The van der Waals surface area contributed by atoms with Crippen molar-refractivity contribution in [1.29, 1.82) is 0 Å². The van der Waals surface area contributed by atoms with Crippen LogP contribution in [-0.2, 0) is 17.8 Å². The first-order valence-electron chi connectivity index (χ1n) is 7.68. The molecule has 0 spiro atoms. The zero-order chi connectivity index (χ0) is 16.8. The molecule has 0 aliphatic rings. The fourth-order valence-corrected chi connectivity index (χ4v) is 2.40. The molecule has 0 aliphatic heterocycles. The van der Waals surface area contributed by atoms with Crippen LogP contribution in [0.3, 0.4) is 0 Å². The molecule has 0 saturated heterocycles. The molecule has 0 aliphatic carbocycles. The van der Waals surface area contributed by atoms with Gasteiger partial charge in [0.2, 0.25) is 0 Å². The van der Waals surface area contributed by atoms with E-state index in [1.165, 1.54) is 18.1 Å². The standard InChI is InChI=1S/C18H21NO4/c1-3-7-16-15(10-11-23-16)17(20)19(13(2)18(21)22)12-14-8-5-4-6-9-14/h4-6,8-11,13H,3,7,12H2,1-2H3,(H,21,22). The van der Waals surface area contributed by atoms with Crippen molar-refractivity contribution in [2.75, 3.05) is 0 Å². The van der Waals surface area contributed by atoms with Gasteiger partial charge >= 0.3 is 5.97 Å². The van der Waals surface area contributed by atoms with E-state index in [-0.39, 0.29) is 12.5 Å². The van der Waals surface area contributed by atoms with Crippen LogP contribution in [0.4, 0.5) is 0 Å². The predicted molar refractivity (Wildman–Crippen MR) is 86.1 cm³/mol. The van der Waals surface area contributed by atoms with Gasteiger partial charge in [-0.15, -0.1) is 0 Å². The molecular weight excluding hydrogens is 294 g/mol. The smallest absolute Gasteiger partial charge is 0.326 e. The van der Waals surface area contributed by atoms with Crippen molar-refractivity contribution < 1.29 is 19.1 Å². The molecule has 0 fully saturated rings. The summed E-state index contributed by atoms with van der Waals surface area (Å²) in [4.78, 5) is 25.6. The van der Waals surface area contributed by atoms with Gasteiger partial charge in [0.25, 0.3) is 5.91 Å². The second-order valence-electron chi connectivity index (χ2n) is 5.44. The van der Waals surface area contributed by atoms with E-state index < -0.39 is 12.0 Å². The van der Waals surface area contributed by atoms with Crippen LogP contribution in [0.5, 0.6) is 0 Å². The highest BCUT2D eigenvalue weighted by Gasteiger charge is 2.28. The molecule has 5 heteroatoms. The summed E-state index contributed by atoms with van der Waals surface area (Å²) >= 11 is 0. The SMILES string of the molecule is CCCc1occc1C(=O)N(Cc1ccccc1)C(C)C(=O)O. The van der Waals surface area contributed by atoms with Crippen LogP contribution >= 0.6 is 0 Å². The molecule has 5 nitrogen and oxygen atoms in total. The van der Waals surface area contributed by atoms with Crippen molar-refractivity contribution >= 4 is 11.9 Å². The summed E-state index contributed by atoms with van der Waals surface area (Å²) < 4.78 is 5.37. The highest BCUT2D eigenvalue weighted by atomic mass is 16.4. The average molecular weight is 315 g/mol. The van der Waals surface area contributed by atoms with Crippen LogP contribution in [0, 0.1) is 0 Å². The minimum atomic E-state index is -1.03. The zero-order valence-corrected chi connectivity index (χ0v) is 13.4. The minimum Gasteiger partial charge on any atom is -0.480 e. The number of carbonyl (C=O) groups is 2. The fourth-order valence-electron chi connectivity index (χ4n) is 2.40. The lowest BCUT2D eigenvalue weighted by Crippen LogP contribution is -2.42. The Morgan fingerprint density at radius 3 is 2.52 bits per heavy atom. The lowest BCUT2D eigenvalue weighted by atomic mass is 10.1. The van der Waals surface area contributed by atoms with E-state index in [1.54, 1.807) is 6.07 Å². The lowest BCUT2D eigenvalue weighted by Gasteiger charge is -2.26. The molecule has 1 amide bonds. The van der Waals surface area contributed by atoms with Crippen molar-refractivity contribution in [1.82, 2.24) is 4.90 Å². The molecule has 1 aromatic carbocycles. The van der Waals surface area contributed by atoms with Crippen molar-refractivity contribution in [2.24, 2.45) is 0 Å². The molecule has 1 N–H and O–H groups in total. The van der Waals surface area contributed by atoms with E-state index in [0.717, 1.165) is 12.0 Å². The van der Waals surface area contributed by atoms with E-state index >= 15 is 0 Å². The predicted octanol–water partition coefficient (Wildman–Crippen LogP) is 3.35. The molecule has 0 saturated carbocycles. The van der Waals surface area contributed by atoms with Gasteiger partial charge in [0.05, 0.1) is 11.8 Å². The van der Waals surface area contributed by atoms with Crippen LogP contribution in [0.1, 0.15) is 41.9 Å². The summed E-state index contributed by atoms with van der Waals surface area (Å²) in [5.74, 6) is -0.746. The first-order valence-corrected chi connectivity index (χ1v) is 7.68. The van der Waals surface area contributed by atoms with Gasteiger partial charge in [-0.25, -0.2) is 4.79 Å². The van der Waals surface area contributed by atoms with Gasteiger partial charge in [0.15, 0.2) is 0 Å². The fraction of sp³-hybridized carbons (Fsp3) is 0.333. The van der Waals surface area contributed by atoms with Crippen LogP contribution < -0.4 is 0 Å². The average Bonchev–Trinajstić information content (AvgIpc) is 3.01. The molecule has 122 valence electrons. The number of carboxylic acid groups (broad SMARTS) is 1. The van der Waals surface area contributed by atoms with Gasteiger partial charge in [-0.3, -0.25) is 4.79 Å². The molecule has 0 radical (unpaired) electrons. The zero-order valence-electron chi connectivity index (χ0n) is 13.4. The number of hydrogen-bond donors (Lipinski definition) is 1. The maximum atomic E-state index is 12.9. The summed E-state index contributed by atoms with van der Waals surface area (Å²) in [5, 5.41) is 9.33. The molecule has 1 aromatic heterocycles. The summed E-state index contributed by atoms with van der Waals surface area (Å²) in [6.45, 7) is 3.75. The maximum Gasteiger partial charge on any atom is 0.326 e. The molecule has 1 heterocycles. The van der Waals surface area contributed by atoms with Crippen LogP contribution in [0.2, 0.25) is 0 Å². The quantitative estimate of drug-likeness (QED) is 0.850. The van der Waals surface area contributed by atoms with E-state index in [2.05, 4.69) is 0 Å². The monoisotopic (exact) mass is 315 g/mol. The summed E-state index contributed by atoms with van der Waals surface area (Å²) in [6, 6.07) is 10.0. The second-order valence-corrected chi connectivity index (χ2v) is 5.44. The van der Waals surface area contributed by atoms with Gasteiger partial charge in [0, 0.05) is 13.0 Å². The van der Waals surface area contributed by atoms with E-state index in [0.29, 0.717) is 17.7 Å². The number of aryl methyl sites for hydroxylation is 1. The van der Waals surface area contributed by atoms with E-state index in [4.69, 9.17) is 4.42 Å². The van der Waals surface area contributed by atoms with Gasteiger partial charge in [-0.05, 0) is 25.0 Å². The Labute approximate surface area is 135 Å². The Balaban J connectivity index is 2.30. The Morgan fingerprint density at radius 1 is 1.22 bits per heavy atom. The normalized spacial score (nSPS) is 11.9. The van der Waals surface area contributed by atoms with Crippen molar-refractivity contribution in [3.05, 3.63) is 59.5 Å². The number of benzene rings is 1. The Bertz CT molecular complexity index is 663. The van der Waals surface area contributed by atoms with Gasteiger partial charge in [0.1, 0.15) is 11.8 Å². The van der Waals surface area contributed by atoms with Gasteiger partial charge in [-0.1, -0.05) is 37.3 Å². The highest BCUT2D eigenvalue weighted by molar-refractivity contribution is 5.97. The Morgan fingerprint density at radius 2 is 1.91 bits per heavy atom. The molecule has 1 atom stereocenters. The maximum absolute atomic E-state index is 12.9. The molecule has 1 unspecified atom stereocenters. The Kier molecular flexibility index (Phi) is 5.57. The third-order valence-corrected chi connectivity index (χ3v) is 3.73. The summed E-state index contributed by atoms with van der Waals surface area (Å²) in [6.07, 6.45) is 2.97. The topological polar surface area (TPSA) is 70.8 Å². The number of amides is 1. The van der Waals surface area contributed by atoms with Crippen LogP contribution in [0.25, 0.3) is 0 Å².